The Morgan fingerprint density at radius 1 is 1.29 bits per heavy atom. The van der Waals surface area contributed by atoms with Crippen LogP contribution in [0.25, 0.3) is 0 Å². The highest BCUT2D eigenvalue weighted by molar-refractivity contribution is 7.91. The van der Waals surface area contributed by atoms with Crippen LogP contribution in [-0.2, 0) is 9.84 Å². The highest BCUT2D eigenvalue weighted by atomic mass is 35.5. The quantitative estimate of drug-likeness (QED) is 0.830. The van der Waals surface area contributed by atoms with E-state index in [0.29, 0.717) is 5.02 Å². The van der Waals surface area contributed by atoms with Crippen molar-refractivity contribution < 1.29 is 8.42 Å². The Balaban J connectivity index is 2.10. The summed E-state index contributed by atoms with van der Waals surface area (Å²) in [7, 11) is -3.39. The third kappa shape index (κ3) is 3.37. The van der Waals surface area contributed by atoms with Crippen LogP contribution in [0.3, 0.4) is 0 Å². The standard InChI is InChI=1S/C10H14ClN3O2S/c11-9-5-13-10(14-6-9)17(15,16)7-8-1-3-12-4-2-8/h5-6,8,12H,1-4,7H2. The van der Waals surface area contributed by atoms with Crippen molar-refractivity contribution in [1.29, 1.82) is 0 Å². The molecule has 1 aliphatic rings. The Bertz CT molecular complexity index is 469. The van der Waals surface area contributed by atoms with E-state index in [9.17, 15) is 8.42 Å². The van der Waals surface area contributed by atoms with E-state index in [4.69, 9.17) is 11.6 Å². The van der Waals surface area contributed by atoms with E-state index < -0.39 is 9.84 Å². The first kappa shape index (κ1) is 12.7. The van der Waals surface area contributed by atoms with Gasteiger partial charge in [-0.3, -0.25) is 0 Å². The lowest BCUT2D eigenvalue weighted by molar-refractivity contribution is 0.400. The summed E-state index contributed by atoms with van der Waals surface area (Å²) in [5.74, 6) is 0.316. The van der Waals surface area contributed by atoms with Crippen molar-refractivity contribution in [2.45, 2.75) is 18.0 Å². The minimum Gasteiger partial charge on any atom is -0.317 e. The molecule has 2 heterocycles. The number of nitrogens with zero attached hydrogens (tertiary/aromatic N) is 2. The second-order valence-electron chi connectivity index (χ2n) is 4.16. The van der Waals surface area contributed by atoms with Crippen molar-refractivity contribution in [3.8, 4) is 0 Å². The second-order valence-corrected chi connectivity index (χ2v) is 6.52. The molecule has 1 aromatic heterocycles. The molecule has 1 aliphatic heterocycles. The molecule has 0 radical (unpaired) electrons. The lowest BCUT2D eigenvalue weighted by Crippen LogP contribution is -2.31. The van der Waals surface area contributed by atoms with Crippen LogP contribution >= 0.6 is 11.6 Å². The minimum absolute atomic E-state index is 0.121. The predicted octanol–water partition coefficient (Wildman–Crippen LogP) is 0.903. The number of halogens is 1. The monoisotopic (exact) mass is 275 g/mol. The smallest absolute Gasteiger partial charge is 0.247 e. The zero-order chi connectivity index (χ0) is 12.3. The molecule has 0 aliphatic carbocycles. The molecule has 1 fully saturated rings. The van der Waals surface area contributed by atoms with Crippen LogP contribution in [0.5, 0.6) is 0 Å². The average molecular weight is 276 g/mol. The van der Waals surface area contributed by atoms with E-state index in [-0.39, 0.29) is 16.8 Å². The Hall–Kier alpha value is -0.720. The van der Waals surface area contributed by atoms with Crippen molar-refractivity contribution in [3.63, 3.8) is 0 Å². The highest BCUT2D eigenvalue weighted by Crippen LogP contribution is 2.18. The summed E-state index contributed by atoms with van der Waals surface area (Å²) < 4.78 is 24.0. The molecule has 17 heavy (non-hydrogen) atoms. The van der Waals surface area contributed by atoms with Crippen molar-refractivity contribution in [2.75, 3.05) is 18.8 Å². The summed E-state index contributed by atoms with van der Waals surface area (Å²) >= 11 is 5.63. The van der Waals surface area contributed by atoms with Gasteiger partial charge in [-0.1, -0.05) is 11.6 Å². The minimum atomic E-state index is -3.39. The van der Waals surface area contributed by atoms with Crippen molar-refractivity contribution in [3.05, 3.63) is 17.4 Å². The Morgan fingerprint density at radius 3 is 2.47 bits per heavy atom. The van der Waals surface area contributed by atoms with Gasteiger partial charge in [-0.25, -0.2) is 18.4 Å². The fourth-order valence-electron chi connectivity index (χ4n) is 1.89. The van der Waals surface area contributed by atoms with E-state index in [2.05, 4.69) is 15.3 Å². The molecule has 0 bridgehead atoms. The number of piperidine rings is 1. The molecule has 1 N–H and O–H groups in total. The number of nitrogens with one attached hydrogen (secondary N) is 1. The van der Waals surface area contributed by atoms with Gasteiger partial charge in [0.15, 0.2) is 0 Å². The zero-order valence-electron chi connectivity index (χ0n) is 9.26. The largest absolute Gasteiger partial charge is 0.317 e. The van der Waals surface area contributed by atoms with E-state index in [1.54, 1.807) is 0 Å². The number of hydrogen-bond acceptors (Lipinski definition) is 5. The van der Waals surface area contributed by atoms with Gasteiger partial charge in [-0.2, -0.15) is 0 Å². The maximum absolute atomic E-state index is 12.0. The molecular weight excluding hydrogens is 262 g/mol. The molecule has 7 heteroatoms. The molecule has 1 aromatic rings. The van der Waals surface area contributed by atoms with Crippen LogP contribution in [0, 0.1) is 5.92 Å². The lowest BCUT2D eigenvalue weighted by Gasteiger charge is -2.21. The lowest BCUT2D eigenvalue weighted by atomic mass is 10.0. The van der Waals surface area contributed by atoms with Gasteiger partial charge in [0.05, 0.1) is 23.2 Å². The summed E-state index contributed by atoms with van der Waals surface area (Å²) in [6, 6.07) is 0. The van der Waals surface area contributed by atoms with Gasteiger partial charge >= 0.3 is 0 Å². The van der Waals surface area contributed by atoms with E-state index >= 15 is 0 Å². The molecule has 2 rings (SSSR count). The molecule has 0 unspecified atom stereocenters. The fourth-order valence-corrected chi connectivity index (χ4v) is 3.52. The van der Waals surface area contributed by atoms with Gasteiger partial charge in [-0.05, 0) is 31.8 Å². The second kappa shape index (κ2) is 5.29. The van der Waals surface area contributed by atoms with Crippen LogP contribution in [0.15, 0.2) is 17.6 Å². The Labute approximate surface area is 106 Å². The molecule has 0 spiro atoms. The van der Waals surface area contributed by atoms with Crippen LogP contribution in [0.4, 0.5) is 0 Å². The van der Waals surface area contributed by atoms with Crippen LogP contribution in [0.1, 0.15) is 12.8 Å². The summed E-state index contributed by atoms with van der Waals surface area (Å²) in [5.41, 5.74) is 0. The van der Waals surface area contributed by atoms with Gasteiger partial charge in [0.25, 0.3) is 0 Å². The van der Waals surface area contributed by atoms with E-state index in [1.165, 1.54) is 12.4 Å². The SMILES string of the molecule is O=S(=O)(CC1CCNCC1)c1ncc(Cl)cn1. The Morgan fingerprint density at radius 2 is 1.88 bits per heavy atom. The van der Waals surface area contributed by atoms with Crippen molar-refractivity contribution >= 4 is 21.4 Å². The first-order valence-electron chi connectivity index (χ1n) is 5.49. The molecule has 0 aromatic carbocycles. The number of aromatic nitrogens is 2. The van der Waals surface area contributed by atoms with Crippen molar-refractivity contribution in [2.24, 2.45) is 5.92 Å². The van der Waals surface area contributed by atoms with Crippen LogP contribution < -0.4 is 5.32 Å². The van der Waals surface area contributed by atoms with Crippen LogP contribution in [-0.4, -0.2) is 37.2 Å². The fraction of sp³-hybridized carbons (Fsp3) is 0.600. The topological polar surface area (TPSA) is 72.0 Å². The third-order valence-corrected chi connectivity index (χ3v) is 4.66. The molecule has 0 amide bonds. The maximum Gasteiger partial charge on any atom is 0.247 e. The molecule has 0 saturated carbocycles. The van der Waals surface area contributed by atoms with E-state index in [1.807, 2.05) is 0 Å². The zero-order valence-corrected chi connectivity index (χ0v) is 10.8. The molecule has 94 valence electrons. The number of hydrogen-bond donors (Lipinski definition) is 1. The highest BCUT2D eigenvalue weighted by Gasteiger charge is 2.24. The maximum atomic E-state index is 12.0. The molecular formula is C10H14ClN3O2S. The van der Waals surface area contributed by atoms with Gasteiger partial charge < -0.3 is 5.32 Å². The summed E-state index contributed by atoms with van der Waals surface area (Å²) in [6.07, 6.45) is 4.38. The molecule has 5 nitrogen and oxygen atoms in total. The van der Waals surface area contributed by atoms with Gasteiger partial charge in [0.2, 0.25) is 15.0 Å². The summed E-state index contributed by atoms with van der Waals surface area (Å²) in [4.78, 5) is 7.54. The summed E-state index contributed by atoms with van der Waals surface area (Å²) in [5, 5.41) is 3.42. The average Bonchev–Trinajstić information content (AvgIpc) is 2.30. The van der Waals surface area contributed by atoms with Gasteiger partial charge in [0, 0.05) is 0 Å². The number of rotatable bonds is 3. The van der Waals surface area contributed by atoms with E-state index in [0.717, 1.165) is 25.9 Å². The first-order chi connectivity index (χ1) is 8.08. The molecule has 0 atom stereocenters. The van der Waals surface area contributed by atoms with Crippen LogP contribution in [0.2, 0.25) is 5.02 Å². The van der Waals surface area contributed by atoms with Crippen molar-refractivity contribution in [1.82, 2.24) is 15.3 Å². The molecule has 1 saturated heterocycles. The van der Waals surface area contributed by atoms with Gasteiger partial charge in [-0.15, -0.1) is 0 Å². The first-order valence-corrected chi connectivity index (χ1v) is 7.52. The third-order valence-electron chi connectivity index (χ3n) is 2.79. The van der Waals surface area contributed by atoms with Gasteiger partial charge in [0.1, 0.15) is 0 Å². The summed E-state index contributed by atoms with van der Waals surface area (Å²) in [6.45, 7) is 1.75. The number of sulfone groups is 1. The Kier molecular flexibility index (Phi) is 3.96. The predicted molar refractivity (Wildman–Crippen MR) is 64.7 cm³/mol. The normalized spacial score (nSPS) is 18.2.